The van der Waals surface area contributed by atoms with Gasteiger partial charge in [0.2, 0.25) is 0 Å². The van der Waals surface area contributed by atoms with Crippen molar-refractivity contribution in [1.29, 1.82) is 0 Å². The fourth-order valence-corrected chi connectivity index (χ4v) is 10.4. The Balaban J connectivity index is 5.47. The first-order valence-corrected chi connectivity index (χ1v) is 39.1. The molecule has 0 saturated heterocycles. The molecule has 5 unspecified atom stereocenters. The summed E-state index contributed by atoms with van der Waals surface area (Å²) in [6, 6.07) is 0. The Morgan fingerprint density at radius 1 is 0.312 bits per heavy atom. The Morgan fingerprint density at radius 2 is 0.604 bits per heavy atom. The van der Waals surface area contributed by atoms with Gasteiger partial charge in [-0.2, -0.15) is 0 Å². The summed E-state index contributed by atoms with van der Waals surface area (Å²) in [7, 11) is -9.99. The van der Waals surface area contributed by atoms with Crippen molar-refractivity contribution in [3.8, 4) is 0 Å². The minimum absolute atomic E-state index is 0.0604. The van der Waals surface area contributed by atoms with Crippen LogP contribution in [0.5, 0.6) is 0 Å². The smallest absolute Gasteiger partial charge is 0.462 e. The highest BCUT2D eigenvalue weighted by atomic mass is 31.2. The highest BCUT2D eigenvalue weighted by molar-refractivity contribution is 7.47. The number of carbonyl (C=O) groups excluding carboxylic acids is 4. The predicted octanol–water partition coefficient (Wildman–Crippen LogP) is 20.3. The lowest BCUT2D eigenvalue weighted by molar-refractivity contribution is -0.161. The molecule has 17 nitrogen and oxygen atoms in total. The first-order valence-electron chi connectivity index (χ1n) is 36.1. The lowest BCUT2D eigenvalue weighted by Gasteiger charge is -2.21. The molecule has 0 saturated carbocycles. The van der Waals surface area contributed by atoms with Crippen molar-refractivity contribution in [2.24, 2.45) is 0 Å². The summed E-state index contributed by atoms with van der Waals surface area (Å²) in [4.78, 5) is 72.6. The Labute approximate surface area is 579 Å². The summed E-state index contributed by atoms with van der Waals surface area (Å²) in [5.41, 5.74) is 0. The van der Waals surface area contributed by atoms with Crippen LogP contribution in [0.25, 0.3) is 0 Å². The highest BCUT2D eigenvalue weighted by Gasteiger charge is 2.30. The largest absolute Gasteiger partial charge is 0.472 e. The maximum absolute atomic E-state index is 13.0. The van der Waals surface area contributed by atoms with Gasteiger partial charge in [0.1, 0.15) is 19.3 Å². The van der Waals surface area contributed by atoms with E-state index >= 15 is 0 Å². The number of hydrogen-bond donors (Lipinski definition) is 3. The molecule has 0 aromatic rings. The molecule has 546 valence electrons. The first-order chi connectivity index (χ1) is 46.7. The van der Waals surface area contributed by atoms with Crippen molar-refractivity contribution in [1.82, 2.24) is 0 Å². The molecule has 0 aliphatic heterocycles. The molecule has 0 bridgehead atoms. The van der Waals surface area contributed by atoms with Gasteiger partial charge in [0, 0.05) is 19.3 Å². The topological polar surface area (TPSA) is 237 Å². The van der Waals surface area contributed by atoms with E-state index in [1.54, 1.807) is 6.08 Å². The van der Waals surface area contributed by atoms with E-state index in [2.05, 4.69) is 149 Å². The van der Waals surface area contributed by atoms with Crippen LogP contribution in [0.3, 0.4) is 0 Å². The fraction of sp³-hybridized carbons (Fsp3) is 0.636. The van der Waals surface area contributed by atoms with Crippen LogP contribution in [0.1, 0.15) is 259 Å². The van der Waals surface area contributed by atoms with E-state index in [1.807, 2.05) is 18.2 Å². The Bertz CT molecular complexity index is 2400. The Morgan fingerprint density at radius 3 is 1.00 bits per heavy atom. The zero-order chi connectivity index (χ0) is 70.4. The number of ether oxygens (including phenoxy) is 4. The van der Waals surface area contributed by atoms with Crippen LogP contribution in [0.2, 0.25) is 0 Å². The zero-order valence-electron chi connectivity index (χ0n) is 59.2. The molecule has 96 heavy (non-hydrogen) atoms. The molecule has 0 rings (SSSR count). The molecule has 0 radical (unpaired) electrons. The van der Waals surface area contributed by atoms with Crippen LogP contribution in [0, 0.1) is 0 Å². The molecule has 0 aliphatic rings. The number of hydrogen-bond acceptors (Lipinski definition) is 15. The molecule has 5 atom stereocenters. The molecule has 0 heterocycles. The highest BCUT2D eigenvalue weighted by Crippen LogP contribution is 2.45. The summed E-state index contributed by atoms with van der Waals surface area (Å²) >= 11 is 0. The minimum atomic E-state index is -5.00. The Kier molecular flexibility index (Phi) is 64.9. The Hall–Kier alpha value is -5.06. The van der Waals surface area contributed by atoms with Crippen LogP contribution in [0.4, 0.5) is 0 Å². The summed E-state index contributed by atoms with van der Waals surface area (Å²) in [6.45, 7) is 4.33. The third-order valence-electron chi connectivity index (χ3n) is 14.3. The van der Waals surface area contributed by atoms with Gasteiger partial charge in [-0.05, 0) is 141 Å². The minimum Gasteiger partial charge on any atom is -0.462 e. The van der Waals surface area contributed by atoms with Crippen molar-refractivity contribution >= 4 is 39.5 Å². The molecule has 0 amide bonds. The average molecular weight is 1390 g/mol. The van der Waals surface area contributed by atoms with Crippen LogP contribution in [-0.2, 0) is 65.4 Å². The van der Waals surface area contributed by atoms with Crippen LogP contribution < -0.4 is 0 Å². The first kappa shape index (κ1) is 90.9. The van der Waals surface area contributed by atoms with E-state index in [9.17, 15) is 43.2 Å². The standard InChI is InChI=1S/C77H126O17P2/c1-5-9-13-17-21-25-29-33-35-39-41-45-49-53-57-61-74(79)87-67-72(93-76(81)63-59-55-51-47-43-37-31-27-23-19-15-11-7-3)69-91-95(83,84)89-65-71(78)66-90-96(85,86)92-70-73(94-77(82)64-60-56-52-48-44-38-32-28-24-20-16-12-8-4)68-88-75(80)62-58-54-50-46-42-40-36-34-30-26-22-18-14-10-6-2/h9-10,13-15,19,21-22,25-28,31-36,41-42,45-46,54,58,71-73,78H,5-8,11-12,16-18,20,23-24,29-30,37-40,43-44,47-53,55-57,59-70H2,1-4H3,(H,83,84)(H,85,86)/b13-9-,14-10-,19-15-,25-21-,26-22-,31-27-,32-28-,35-33-,36-34-,45-41-,46-42-,58-54-. The number of esters is 4. The van der Waals surface area contributed by atoms with E-state index in [0.29, 0.717) is 25.7 Å². The van der Waals surface area contributed by atoms with Crippen molar-refractivity contribution in [2.45, 2.75) is 277 Å². The maximum Gasteiger partial charge on any atom is 0.472 e. The van der Waals surface area contributed by atoms with Gasteiger partial charge in [0.15, 0.2) is 12.2 Å². The van der Waals surface area contributed by atoms with Gasteiger partial charge in [0.25, 0.3) is 0 Å². The van der Waals surface area contributed by atoms with Gasteiger partial charge in [-0.15, -0.1) is 0 Å². The zero-order valence-corrected chi connectivity index (χ0v) is 61.0. The van der Waals surface area contributed by atoms with Crippen LogP contribution in [0.15, 0.2) is 146 Å². The van der Waals surface area contributed by atoms with Gasteiger partial charge >= 0.3 is 39.5 Å². The summed E-state index contributed by atoms with van der Waals surface area (Å²) < 4.78 is 68.1. The number of aliphatic hydroxyl groups is 1. The third-order valence-corrected chi connectivity index (χ3v) is 16.2. The summed E-state index contributed by atoms with van der Waals surface area (Å²) in [5.74, 6) is -2.41. The van der Waals surface area contributed by atoms with Crippen molar-refractivity contribution in [3.63, 3.8) is 0 Å². The van der Waals surface area contributed by atoms with E-state index < -0.39 is 97.5 Å². The summed E-state index contributed by atoms with van der Waals surface area (Å²) in [5, 5.41) is 10.6. The van der Waals surface area contributed by atoms with Gasteiger partial charge in [-0.3, -0.25) is 37.3 Å². The number of unbranched alkanes of at least 4 members (excludes halogenated alkanes) is 17. The second-order valence-corrected chi connectivity index (χ2v) is 26.3. The normalized spacial score (nSPS) is 14.9. The molecule has 0 aromatic carbocycles. The number of allylic oxidation sites excluding steroid dienone is 23. The van der Waals surface area contributed by atoms with Gasteiger partial charge in [0.05, 0.1) is 32.8 Å². The quantitative estimate of drug-likeness (QED) is 0.0169. The second-order valence-electron chi connectivity index (χ2n) is 23.4. The molecule has 19 heteroatoms. The van der Waals surface area contributed by atoms with Gasteiger partial charge in [-0.25, -0.2) is 9.13 Å². The van der Waals surface area contributed by atoms with E-state index in [-0.39, 0.29) is 25.7 Å². The number of carbonyl (C=O) groups is 4. The fourth-order valence-electron chi connectivity index (χ4n) is 8.84. The predicted molar refractivity (Wildman–Crippen MR) is 390 cm³/mol. The monoisotopic (exact) mass is 1380 g/mol. The molecular formula is C77H126O17P2. The lowest BCUT2D eigenvalue weighted by atomic mass is 10.1. The molecular weight excluding hydrogens is 1260 g/mol. The van der Waals surface area contributed by atoms with E-state index in [0.717, 1.165) is 154 Å². The second kappa shape index (κ2) is 68.5. The maximum atomic E-state index is 13.0. The number of phosphoric ester groups is 2. The molecule has 0 aliphatic carbocycles. The SMILES string of the molecule is CC/C=C\C/C=C\C/C=C\C/C=C\C/C=C\CC(=O)OCC(COP(=O)(O)OCC(O)COP(=O)(O)OCC(COC(=O)CCCC/C=C\C/C=C\C/C=C\C/C=C\CC)OC(=O)CCCCCCC/C=C\C/C=C\CCC)OC(=O)CCCCCCC/C=C\CCCCCC. The third kappa shape index (κ3) is 67.5. The molecule has 0 fully saturated rings. The molecule has 3 N–H and O–H groups in total. The van der Waals surface area contributed by atoms with Crippen molar-refractivity contribution < 1.29 is 80.2 Å². The van der Waals surface area contributed by atoms with Gasteiger partial charge < -0.3 is 33.8 Å². The lowest BCUT2D eigenvalue weighted by Crippen LogP contribution is -2.30. The van der Waals surface area contributed by atoms with Crippen molar-refractivity contribution in [3.05, 3.63) is 146 Å². The number of rotatable bonds is 66. The number of phosphoric acid groups is 2. The van der Waals surface area contributed by atoms with Crippen molar-refractivity contribution in [2.75, 3.05) is 39.6 Å². The number of aliphatic hydroxyl groups excluding tert-OH is 1. The average Bonchev–Trinajstić information content (AvgIpc) is 1.14. The van der Waals surface area contributed by atoms with Gasteiger partial charge in [-0.1, -0.05) is 238 Å². The molecule has 0 aromatic heterocycles. The van der Waals surface area contributed by atoms with E-state index in [1.165, 1.54) is 25.7 Å². The van der Waals surface area contributed by atoms with Crippen LogP contribution in [-0.4, -0.2) is 96.7 Å². The summed E-state index contributed by atoms with van der Waals surface area (Å²) in [6.07, 6.45) is 76.0. The molecule has 0 spiro atoms. The van der Waals surface area contributed by atoms with E-state index in [4.69, 9.17) is 37.0 Å². The van der Waals surface area contributed by atoms with Crippen LogP contribution >= 0.6 is 15.6 Å².